The molecule has 6 heteroatoms. The lowest BCUT2D eigenvalue weighted by atomic mass is 9.83. The van der Waals surface area contributed by atoms with Crippen LogP contribution in [0.25, 0.3) is 0 Å². The third-order valence-electron chi connectivity index (χ3n) is 5.76. The number of carbonyl (C=O) groups excluding carboxylic acids is 1. The fourth-order valence-corrected chi connectivity index (χ4v) is 4.42. The molecule has 2 fully saturated rings. The van der Waals surface area contributed by atoms with Crippen LogP contribution in [0.15, 0.2) is 35.3 Å². The number of fused-ring (bicyclic) bond motifs is 1. The molecule has 0 aliphatic carbocycles. The summed E-state index contributed by atoms with van der Waals surface area (Å²) < 4.78 is 4.70. The zero-order valence-electron chi connectivity index (χ0n) is 16.6. The van der Waals surface area contributed by atoms with Crippen molar-refractivity contribution in [1.29, 1.82) is 0 Å². The highest BCUT2D eigenvalue weighted by atomic mass is 16.5. The van der Waals surface area contributed by atoms with E-state index in [1.54, 1.807) is 0 Å². The van der Waals surface area contributed by atoms with E-state index in [1.807, 2.05) is 7.05 Å². The van der Waals surface area contributed by atoms with Gasteiger partial charge in [-0.15, -0.1) is 0 Å². The average molecular weight is 373 g/mol. The van der Waals surface area contributed by atoms with E-state index in [4.69, 9.17) is 4.74 Å². The number of nitrogens with one attached hydrogen (secondary N) is 1. The lowest BCUT2D eigenvalue weighted by molar-refractivity contribution is -0.140. The molecule has 2 aliphatic rings. The number of aliphatic imine (C=N–C) groups is 1. The minimum absolute atomic E-state index is 0.194. The minimum Gasteiger partial charge on any atom is -0.469 e. The van der Waals surface area contributed by atoms with Crippen LogP contribution in [-0.2, 0) is 16.1 Å². The summed E-state index contributed by atoms with van der Waals surface area (Å²) in [5.74, 6) is 1.38. The normalized spacial score (nSPS) is 23.6. The Labute approximate surface area is 162 Å². The highest BCUT2D eigenvalue weighted by Gasteiger charge is 2.36. The fraction of sp³-hybridized carbons (Fsp3) is 0.619. The van der Waals surface area contributed by atoms with Crippen molar-refractivity contribution in [2.45, 2.75) is 38.3 Å². The van der Waals surface area contributed by atoms with Crippen molar-refractivity contribution in [3.63, 3.8) is 0 Å². The van der Waals surface area contributed by atoms with Crippen LogP contribution >= 0.6 is 0 Å². The maximum atomic E-state index is 11.3. The first-order chi connectivity index (χ1) is 13.2. The Balaban J connectivity index is 1.55. The van der Waals surface area contributed by atoms with Gasteiger partial charge in [0.05, 0.1) is 13.5 Å². The smallest absolute Gasteiger partial charge is 0.307 e. The number of esters is 1. The Kier molecular flexibility index (Phi) is 7.10. The summed E-state index contributed by atoms with van der Waals surface area (Å²) in [4.78, 5) is 20.8. The van der Waals surface area contributed by atoms with Gasteiger partial charge in [0.15, 0.2) is 5.96 Å². The average Bonchev–Trinajstić information content (AvgIpc) is 2.71. The molecule has 2 atom stereocenters. The zero-order valence-corrected chi connectivity index (χ0v) is 16.6. The molecular formula is C21H32N4O2. The lowest BCUT2D eigenvalue weighted by Crippen LogP contribution is -2.56. The molecular weight excluding hydrogens is 340 g/mol. The third kappa shape index (κ3) is 5.22. The second kappa shape index (κ2) is 9.74. The molecule has 0 spiro atoms. The second-order valence-corrected chi connectivity index (χ2v) is 7.46. The Morgan fingerprint density at radius 2 is 2.07 bits per heavy atom. The molecule has 148 valence electrons. The predicted molar refractivity (Wildman–Crippen MR) is 108 cm³/mol. The molecule has 0 saturated carbocycles. The van der Waals surface area contributed by atoms with Crippen molar-refractivity contribution in [3.05, 3.63) is 35.9 Å². The Morgan fingerprint density at radius 1 is 1.26 bits per heavy atom. The Morgan fingerprint density at radius 3 is 2.81 bits per heavy atom. The number of piperidine rings is 2. The number of guanidine groups is 1. The molecule has 3 rings (SSSR count). The van der Waals surface area contributed by atoms with Gasteiger partial charge in [-0.2, -0.15) is 0 Å². The zero-order chi connectivity index (χ0) is 19.1. The van der Waals surface area contributed by atoms with Crippen LogP contribution in [0.1, 0.15) is 31.2 Å². The maximum absolute atomic E-state index is 11.3. The van der Waals surface area contributed by atoms with Gasteiger partial charge in [0.2, 0.25) is 0 Å². The number of hydrogen-bond donors (Lipinski definition) is 1. The quantitative estimate of drug-likeness (QED) is 0.487. The summed E-state index contributed by atoms with van der Waals surface area (Å²) in [5, 5.41) is 3.31. The summed E-state index contributed by atoms with van der Waals surface area (Å²) in [6.07, 6.45) is 4.07. The number of methoxy groups -OCH3 is 1. The first-order valence-corrected chi connectivity index (χ1v) is 10.0. The number of likely N-dealkylation sites (tertiary alicyclic amines) is 2. The molecule has 0 amide bonds. The molecule has 0 aromatic heterocycles. The fourth-order valence-electron chi connectivity index (χ4n) is 4.42. The molecule has 1 aromatic carbocycles. The van der Waals surface area contributed by atoms with Crippen molar-refractivity contribution in [2.75, 3.05) is 40.3 Å². The summed E-state index contributed by atoms with van der Waals surface area (Å²) in [5.41, 5.74) is 1.40. The van der Waals surface area contributed by atoms with Gasteiger partial charge in [-0.05, 0) is 37.3 Å². The SMILES string of the molecule is CN=C(NCCC(=O)OC)N1CCC2C(CCCN2Cc2ccccc2)C1. The lowest BCUT2D eigenvalue weighted by Gasteiger charge is -2.48. The van der Waals surface area contributed by atoms with E-state index in [2.05, 4.69) is 50.4 Å². The largest absolute Gasteiger partial charge is 0.469 e. The third-order valence-corrected chi connectivity index (χ3v) is 5.76. The Hall–Kier alpha value is -2.08. The van der Waals surface area contributed by atoms with Crippen LogP contribution in [0.5, 0.6) is 0 Å². The standard InChI is InChI=1S/C21H32N4O2/c1-22-21(23-12-10-20(26)27-2)25-14-11-19-18(16-25)9-6-13-24(19)15-17-7-4-3-5-8-17/h3-5,7-8,18-19H,6,9-16H2,1-2H3,(H,22,23). The van der Waals surface area contributed by atoms with Crippen molar-refractivity contribution in [3.8, 4) is 0 Å². The number of nitrogens with zero attached hydrogens (tertiary/aromatic N) is 3. The highest BCUT2D eigenvalue weighted by Crippen LogP contribution is 2.31. The number of carbonyl (C=O) groups is 1. The van der Waals surface area contributed by atoms with Gasteiger partial charge in [0.1, 0.15) is 0 Å². The summed E-state index contributed by atoms with van der Waals surface area (Å²) in [6.45, 7) is 4.85. The first-order valence-electron chi connectivity index (χ1n) is 10.0. The van der Waals surface area contributed by atoms with Crippen LogP contribution < -0.4 is 5.32 Å². The molecule has 2 aliphatic heterocycles. The molecule has 1 N–H and O–H groups in total. The van der Waals surface area contributed by atoms with E-state index in [0.717, 1.165) is 32.0 Å². The van der Waals surface area contributed by atoms with E-state index >= 15 is 0 Å². The molecule has 6 nitrogen and oxygen atoms in total. The van der Waals surface area contributed by atoms with Crippen LogP contribution in [0, 0.1) is 5.92 Å². The molecule has 2 heterocycles. The maximum Gasteiger partial charge on any atom is 0.307 e. The van der Waals surface area contributed by atoms with Gasteiger partial charge in [-0.1, -0.05) is 30.3 Å². The van der Waals surface area contributed by atoms with Gasteiger partial charge in [0.25, 0.3) is 0 Å². The molecule has 1 aromatic rings. The van der Waals surface area contributed by atoms with Crippen LogP contribution in [0.2, 0.25) is 0 Å². The van der Waals surface area contributed by atoms with Crippen molar-refractivity contribution in [1.82, 2.24) is 15.1 Å². The predicted octanol–water partition coefficient (Wildman–Crippen LogP) is 2.11. The highest BCUT2D eigenvalue weighted by molar-refractivity contribution is 5.80. The summed E-state index contributed by atoms with van der Waals surface area (Å²) in [7, 11) is 3.24. The van der Waals surface area contributed by atoms with Gasteiger partial charge >= 0.3 is 5.97 Å². The van der Waals surface area contributed by atoms with Crippen LogP contribution in [0.4, 0.5) is 0 Å². The topological polar surface area (TPSA) is 57.2 Å². The van der Waals surface area contributed by atoms with Crippen LogP contribution in [0.3, 0.4) is 0 Å². The molecule has 0 radical (unpaired) electrons. The number of rotatable bonds is 5. The molecule has 0 bridgehead atoms. The van der Waals surface area contributed by atoms with E-state index in [-0.39, 0.29) is 5.97 Å². The molecule has 27 heavy (non-hydrogen) atoms. The minimum atomic E-state index is -0.194. The van der Waals surface area contributed by atoms with Crippen molar-refractivity contribution in [2.24, 2.45) is 10.9 Å². The summed E-state index contributed by atoms with van der Waals surface area (Å²) >= 11 is 0. The van der Waals surface area contributed by atoms with Crippen molar-refractivity contribution < 1.29 is 9.53 Å². The van der Waals surface area contributed by atoms with Crippen molar-refractivity contribution >= 4 is 11.9 Å². The molecule has 2 saturated heterocycles. The van der Waals surface area contributed by atoms with Crippen LogP contribution in [-0.4, -0.2) is 68.1 Å². The van der Waals surface area contributed by atoms with E-state index in [1.165, 1.54) is 32.1 Å². The number of hydrogen-bond acceptors (Lipinski definition) is 4. The van der Waals surface area contributed by atoms with Gasteiger partial charge in [-0.25, -0.2) is 0 Å². The molecule has 2 unspecified atom stereocenters. The van der Waals surface area contributed by atoms with E-state index < -0.39 is 0 Å². The van der Waals surface area contributed by atoms with E-state index in [0.29, 0.717) is 24.9 Å². The second-order valence-electron chi connectivity index (χ2n) is 7.46. The van der Waals surface area contributed by atoms with Gasteiger partial charge in [0, 0.05) is 39.3 Å². The number of ether oxygens (including phenoxy) is 1. The monoisotopic (exact) mass is 372 g/mol. The first kappa shape index (κ1) is 19.7. The summed E-state index contributed by atoms with van der Waals surface area (Å²) in [6, 6.07) is 11.5. The van der Waals surface area contributed by atoms with Gasteiger partial charge < -0.3 is 15.0 Å². The number of benzene rings is 1. The van der Waals surface area contributed by atoms with E-state index in [9.17, 15) is 4.79 Å². The Bertz CT molecular complexity index is 634. The van der Waals surface area contributed by atoms with Gasteiger partial charge in [-0.3, -0.25) is 14.7 Å².